The van der Waals surface area contributed by atoms with Gasteiger partial charge in [-0.1, -0.05) is 12.8 Å². The van der Waals surface area contributed by atoms with E-state index in [1.54, 1.807) is 11.3 Å². The fourth-order valence-corrected chi connectivity index (χ4v) is 2.48. The summed E-state index contributed by atoms with van der Waals surface area (Å²) < 4.78 is 0. The Bertz CT molecular complexity index is 299. The Morgan fingerprint density at radius 2 is 2.06 bits per heavy atom. The smallest absolute Gasteiger partial charge is 0.0897 e. The van der Waals surface area contributed by atoms with Crippen LogP contribution in [0.25, 0.3) is 0 Å². The molecule has 1 aromatic rings. The van der Waals surface area contributed by atoms with Crippen molar-refractivity contribution in [1.82, 2.24) is 15.2 Å². The molecule has 17 heavy (non-hydrogen) atoms. The number of hydrogen-bond donors (Lipinski definition) is 1. The summed E-state index contributed by atoms with van der Waals surface area (Å²) in [6.45, 7) is 5.38. The van der Waals surface area contributed by atoms with Crippen molar-refractivity contribution in [1.29, 1.82) is 0 Å². The zero-order valence-electron chi connectivity index (χ0n) is 11.3. The molecule has 1 N–H and O–H groups in total. The molecule has 1 heterocycles. The molecule has 0 atom stereocenters. The second-order valence-electron chi connectivity index (χ2n) is 4.61. The minimum atomic E-state index is 0.987. The zero-order chi connectivity index (χ0) is 12.5. The molecule has 4 heteroatoms. The van der Waals surface area contributed by atoms with E-state index in [9.17, 15) is 0 Å². The molecule has 0 aliphatic carbocycles. The molecule has 1 rings (SSSR count). The number of thiazole rings is 1. The van der Waals surface area contributed by atoms with Crippen LogP contribution in [0.15, 0.2) is 5.38 Å². The highest BCUT2D eigenvalue weighted by atomic mass is 32.1. The van der Waals surface area contributed by atoms with Gasteiger partial charge in [-0.3, -0.25) is 0 Å². The summed E-state index contributed by atoms with van der Waals surface area (Å²) >= 11 is 1.74. The van der Waals surface area contributed by atoms with Crippen LogP contribution < -0.4 is 5.32 Å². The molecule has 0 saturated heterocycles. The van der Waals surface area contributed by atoms with Crippen LogP contribution in [-0.2, 0) is 6.54 Å². The van der Waals surface area contributed by atoms with Gasteiger partial charge in [-0.15, -0.1) is 11.3 Å². The zero-order valence-corrected chi connectivity index (χ0v) is 12.1. The monoisotopic (exact) mass is 255 g/mol. The van der Waals surface area contributed by atoms with Crippen LogP contribution in [0.5, 0.6) is 0 Å². The van der Waals surface area contributed by atoms with Gasteiger partial charge in [0, 0.05) is 11.9 Å². The van der Waals surface area contributed by atoms with E-state index < -0.39 is 0 Å². The van der Waals surface area contributed by atoms with Crippen LogP contribution in [0.4, 0.5) is 0 Å². The quantitative estimate of drug-likeness (QED) is 0.688. The van der Waals surface area contributed by atoms with Gasteiger partial charge in [0.05, 0.1) is 10.7 Å². The van der Waals surface area contributed by atoms with E-state index in [2.05, 4.69) is 34.6 Å². The molecule has 0 bridgehead atoms. The topological polar surface area (TPSA) is 28.2 Å². The van der Waals surface area contributed by atoms with Gasteiger partial charge in [0.25, 0.3) is 0 Å². The van der Waals surface area contributed by atoms with Crippen molar-refractivity contribution < 1.29 is 0 Å². The molecule has 0 unspecified atom stereocenters. The lowest BCUT2D eigenvalue weighted by molar-refractivity contribution is 0.313. The van der Waals surface area contributed by atoms with E-state index in [0.717, 1.165) is 13.1 Å². The molecular formula is C13H25N3S. The van der Waals surface area contributed by atoms with Crippen LogP contribution in [0.2, 0.25) is 0 Å². The molecule has 0 radical (unpaired) electrons. The lowest BCUT2D eigenvalue weighted by Gasteiger charge is -2.14. The maximum absolute atomic E-state index is 4.49. The predicted octanol–water partition coefficient (Wildman–Crippen LogP) is 2.66. The number of unbranched alkanes of at least 4 members (excludes halogenated alkanes) is 3. The summed E-state index contributed by atoms with van der Waals surface area (Å²) in [7, 11) is 4.20. The van der Waals surface area contributed by atoms with E-state index in [4.69, 9.17) is 0 Å². The van der Waals surface area contributed by atoms with E-state index in [-0.39, 0.29) is 0 Å². The van der Waals surface area contributed by atoms with Crippen molar-refractivity contribution in [2.45, 2.75) is 39.2 Å². The van der Waals surface area contributed by atoms with Gasteiger partial charge in [-0.25, -0.2) is 4.98 Å². The van der Waals surface area contributed by atoms with Crippen molar-refractivity contribution in [3.05, 3.63) is 16.1 Å². The minimum Gasteiger partial charge on any atom is -0.320 e. The Morgan fingerprint density at radius 3 is 2.71 bits per heavy atom. The second-order valence-corrected chi connectivity index (χ2v) is 5.68. The Morgan fingerprint density at radius 1 is 1.29 bits per heavy atom. The predicted molar refractivity (Wildman–Crippen MR) is 75.6 cm³/mol. The summed E-state index contributed by atoms with van der Waals surface area (Å²) in [6.07, 6.45) is 5.27. The van der Waals surface area contributed by atoms with Crippen LogP contribution in [-0.4, -0.2) is 37.1 Å². The molecule has 3 nitrogen and oxygen atoms in total. The molecule has 0 aromatic carbocycles. The number of hydrogen-bond acceptors (Lipinski definition) is 4. The Kier molecular flexibility index (Phi) is 7.40. The average Bonchev–Trinajstić information content (AvgIpc) is 2.69. The number of aryl methyl sites for hydroxylation is 1. The maximum Gasteiger partial charge on any atom is 0.0897 e. The second kappa shape index (κ2) is 8.61. The van der Waals surface area contributed by atoms with Gasteiger partial charge in [-0.05, 0) is 47.0 Å². The van der Waals surface area contributed by atoms with E-state index >= 15 is 0 Å². The molecule has 1 aromatic heterocycles. The molecule has 98 valence electrons. The lowest BCUT2D eigenvalue weighted by Crippen LogP contribution is -2.19. The normalized spacial score (nSPS) is 11.3. The van der Waals surface area contributed by atoms with Gasteiger partial charge in [-0.2, -0.15) is 0 Å². The van der Waals surface area contributed by atoms with Crippen molar-refractivity contribution in [3.63, 3.8) is 0 Å². The lowest BCUT2D eigenvalue weighted by atomic mass is 10.2. The van der Waals surface area contributed by atoms with E-state index in [1.165, 1.54) is 42.9 Å². The van der Waals surface area contributed by atoms with Gasteiger partial charge < -0.3 is 10.2 Å². The molecule has 0 saturated carbocycles. The molecule has 0 fully saturated rings. The Balaban J connectivity index is 2.03. The summed E-state index contributed by atoms with van der Waals surface area (Å²) in [4.78, 5) is 6.86. The van der Waals surface area contributed by atoms with Gasteiger partial charge in [0.15, 0.2) is 0 Å². The standard InChI is InChI=1S/C13H25N3S/c1-12-15-13(11-17-12)10-16(3)9-7-5-4-6-8-14-2/h11,14H,4-10H2,1-3H3. The first-order valence-electron chi connectivity index (χ1n) is 6.46. The molecule has 0 spiro atoms. The van der Waals surface area contributed by atoms with E-state index in [1.807, 2.05) is 7.05 Å². The highest BCUT2D eigenvalue weighted by Gasteiger charge is 2.03. The molecule has 0 aliphatic rings. The molecule has 0 aliphatic heterocycles. The van der Waals surface area contributed by atoms with Crippen molar-refractivity contribution in [2.75, 3.05) is 27.2 Å². The number of rotatable bonds is 9. The average molecular weight is 255 g/mol. The van der Waals surface area contributed by atoms with Gasteiger partial charge in [0.1, 0.15) is 0 Å². The van der Waals surface area contributed by atoms with Crippen molar-refractivity contribution in [2.24, 2.45) is 0 Å². The first kappa shape index (κ1) is 14.6. The first-order valence-corrected chi connectivity index (χ1v) is 7.34. The van der Waals surface area contributed by atoms with Gasteiger partial charge in [0.2, 0.25) is 0 Å². The van der Waals surface area contributed by atoms with Gasteiger partial charge >= 0.3 is 0 Å². The maximum atomic E-state index is 4.49. The Hall–Kier alpha value is -0.450. The number of aromatic nitrogens is 1. The van der Waals surface area contributed by atoms with Crippen molar-refractivity contribution >= 4 is 11.3 Å². The summed E-state index contributed by atoms with van der Waals surface area (Å²) in [6, 6.07) is 0. The highest BCUT2D eigenvalue weighted by Crippen LogP contribution is 2.10. The fourth-order valence-electron chi connectivity index (χ4n) is 1.87. The summed E-state index contributed by atoms with van der Waals surface area (Å²) in [5.74, 6) is 0. The molecule has 0 amide bonds. The fraction of sp³-hybridized carbons (Fsp3) is 0.769. The third kappa shape index (κ3) is 6.76. The van der Waals surface area contributed by atoms with Crippen LogP contribution in [0, 0.1) is 6.92 Å². The van der Waals surface area contributed by atoms with Crippen LogP contribution in [0.1, 0.15) is 36.4 Å². The van der Waals surface area contributed by atoms with E-state index in [0.29, 0.717) is 0 Å². The number of nitrogens with zero attached hydrogens (tertiary/aromatic N) is 2. The summed E-state index contributed by atoms with van der Waals surface area (Å²) in [5, 5.41) is 6.52. The molecular weight excluding hydrogens is 230 g/mol. The van der Waals surface area contributed by atoms with Crippen LogP contribution in [0.3, 0.4) is 0 Å². The van der Waals surface area contributed by atoms with Crippen molar-refractivity contribution in [3.8, 4) is 0 Å². The number of nitrogens with one attached hydrogen (secondary N) is 1. The first-order chi connectivity index (χ1) is 8.22. The SMILES string of the molecule is CNCCCCCCN(C)Cc1csc(C)n1. The minimum absolute atomic E-state index is 0.987. The Labute approximate surface area is 109 Å². The third-order valence-electron chi connectivity index (χ3n) is 2.82. The largest absolute Gasteiger partial charge is 0.320 e. The van der Waals surface area contributed by atoms with Crippen LogP contribution >= 0.6 is 11.3 Å². The third-order valence-corrected chi connectivity index (χ3v) is 3.64. The summed E-state index contributed by atoms with van der Waals surface area (Å²) in [5.41, 5.74) is 1.21. The highest BCUT2D eigenvalue weighted by molar-refractivity contribution is 7.09.